The number of hydrogen-bond donors (Lipinski definition) is 1. The predicted molar refractivity (Wildman–Crippen MR) is 69.7 cm³/mol. The second kappa shape index (κ2) is 4.54. The highest BCUT2D eigenvalue weighted by Crippen LogP contribution is 2.22. The number of rotatable bonds is 2. The van der Waals surface area contributed by atoms with Crippen LogP contribution in [0.15, 0.2) is 48.0 Å². The van der Waals surface area contributed by atoms with Crippen molar-refractivity contribution in [1.29, 1.82) is 0 Å². The summed E-state index contributed by atoms with van der Waals surface area (Å²) in [7, 11) is 0. The molecule has 1 aromatic heterocycles. The molecule has 2 aromatic rings. The van der Waals surface area contributed by atoms with Gasteiger partial charge in [-0.2, -0.15) is 5.01 Å². The molecule has 0 aliphatic carbocycles. The van der Waals surface area contributed by atoms with E-state index in [9.17, 15) is 9.59 Å². The summed E-state index contributed by atoms with van der Waals surface area (Å²) in [6.07, 6.45) is 4.33. The van der Waals surface area contributed by atoms with E-state index in [1.54, 1.807) is 24.3 Å². The first-order valence-electron chi connectivity index (χ1n) is 5.77. The maximum absolute atomic E-state index is 12.1. The van der Waals surface area contributed by atoms with Crippen LogP contribution in [0.3, 0.4) is 0 Å². The fourth-order valence-corrected chi connectivity index (χ4v) is 1.86. The molecule has 0 atom stereocenters. The Morgan fingerprint density at radius 2 is 1.75 bits per heavy atom. The summed E-state index contributed by atoms with van der Waals surface area (Å²) in [5.41, 5.74) is 6.66. The first kappa shape index (κ1) is 12.0. The Morgan fingerprint density at radius 3 is 2.30 bits per heavy atom. The van der Waals surface area contributed by atoms with Crippen molar-refractivity contribution in [1.82, 2.24) is 15.0 Å². The zero-order valence-corrected chi connectivity index (χ0v) is 10.2. The molecule has 1 aliphatic rings. The van der Waals surface area contributed by atoms with Crippen molar-refractivity contribution in [3.8, 4) is 0 Å². The van der Waals surface area contributed by atoms with E-state index in [-0.39, 0.29) is 5.84 Å². The summed E-state index contributed by atoms with van der Waals surface area (Å²) in [5.74, 6) is -1.05. The van der Waals surface area contributed by atoms with Crippen LogP contribution in [-0.4, -0.2) is 32.6 Å². The number of nitrogens with two attached hydrogens (primary N) is 1. The third-order valence-electron chi connectivity index (χ3n) is 2.81. The molecule has 1 aliphatic heterocycles. The summed E-state index contributed by atoms with van der Waals surface area (Å²) < 4.78 is 0. The lowest BCUT2D eigenvalue weighted by Gasteiger charge is -2.07. The molecule has 2 amide bonds. The molecule has 0 unspecified atom stereocenters. The number of hydrogen-bond acceptors (Lipinski definition) is 5. The van der Waals surface area contributed by atoms with Gasteiger partial charge in [-0.05, 0) is 12.1 Å². The molecule has 2 N–H and O–H groups in total. The molecule has 0 saturated carbocycles. The fourth-order valence-electron chi connectivity index (χ4n) is 1.86. The van der Waals surface area contributed by atoms with Gasteiger partial charge in [0.2, 0.25) is 0 Å². The monoisotopic (exact) mass is 267 g/mol. The molecule has 0 spiro atoms. The number of amidine groups is 1. The van der Waals surface area contributed by atoms with Crippen LogP contribution in [0.5, 0.6) is 0 Å². The van der Waals surface area contributed by atoms with Crippen molar-refractivity contribution in [2.75, 3.05) is 0 Å². The van der Waals surface area contributed by atoms with E-state index in [1.807, 2.05) is 0 Å². The number of nitrogens with zero attached hydrogens (tertiary/aromatic N) is 4. The SMILES string of the molecule is N/C(=N\N1C(=O)c2ccccc2C1=O)c1cnccn1. The van der Waals surface area contributed by atoms with Gasteiger partial charge in [0.1, 0.15) is 5.69 Å². The highest BCUT2D eigenvalue weighted by atomic mass is 16.2. The topological polar surface area (TPSA) is 102 Å². The van der Waals surface area contributed by atoms with Gasteiger partial charge in [-0.15, -0.1) is 5.10 Å². The molecule has 0 radical (unpaired) electrons. The van der Waals surface area contributed by atoms with Crippen molar-refractivity contribution in [3.63, 3.8) is 0 Å². The largest absolute Gasteiger partial charge is 0.380 e. The minimum atomic E-state index is -0.502. The van der Waals surface area contributed by atoms with Gasteiger partial charge in [0.05, 0.1) is 17.3 Å². The van der Waals surface area contributed by atoms with Crippen LogP contribution < -0.4 is 5.73 Å². The van der Waals surface area contributed by atoms with Gasteiger partial charge in [-0.1, -0.05) is 12.1 Å². The number of amides is 2. The normalized spacial score (nSPS) is 14.6. The lowest BCUT2D eigenvalue weighted by molar-refractivity contribution is 0.0658. The molecule has 1 aromatic carbocycles. The molecule has 2 heterocycles. The lowest BCUT2D eigenvalue weighted by atomic mass is 10.1. The molecule has 0 bridgehead atoms. The summed E-state index contributed by atoms with van der Waals surface area (Å²) in [6, 6.07) is 6.51. The lowest BCUT2D eigenvalue weighted by Crippen LogP contribution is -2.29. The van der Waals surface area contributed by atoms with Gasteiger partial charge in [0.15, 0.2) is 5.84 Å². The maximum atomic E-state index is 12.1. The van der Waals surface area contributed by atoms with E-state index in [0.717, 1.165) is 5.01 Å². The van der Waals surface area contributed by atoms with Gasteiger partial charge in [-0.25, -0.2) is 4.98 Å². The zero-order valence-electron chi connectivity index (χ0n) is 10.2. The summed E-state index contributed by atoms with van der Waals surface area (Å²) in [6.45, 7) is 0. The second-order valence-corrected chi connectivity index (χ2v) is 4.04. The molecule has 0 saturated heterocycles. The molecule has 7 heteroatoms. The van der Waals surface area contributed by atoms with Crippen molar-refractivity contribution in [3.05, 3.63) is 59.7 Å². The van der Waals surface area contributed by atoms with Crippen LogP contribution in [0.1, 0.15) is 26.4 Å². The molecular weight excluding hydrogens is 258 g/mol. The van der Waals surface area contributed by atoms with E-state index in [2.05, 4.69) is 15.1 Å². The second-order valence-electron chi connectivity index (χ2n) is 4.04. The number of fused-ring (bicyclic) bond motifs is 1. The number of carbonyl (C=O) groups is 2. The van der Waals surface area contributed by atoms with Crippen LogP contribution in [0.4, 0.5) is 0 Å². The first-order valence-corrected chi connectivity index (χ1v) is 5.77. The van der Waals surface area contributed by atoms with Gasteiger partial charge in [0.25, 0.3) is 11.8 Å². The molecule has 0 fully saturated rings. The molecule has 98 valence electrons. The average molecular weight is 267 g/mol. The van der Waals surface area contributed by atoms with Crippen LogP contribution >= 0.6 is 0 Å². The Morgan fingerprint density at radius 1 is 1.10 bits per heavy atom. The quantitative estimate of drug-likeness (QED) is 0.482. The average Bonchev–Trinajstić information content (AvgIpc) is 2.74. The maximum Gasteiger partial charge on any atom is 0.282 e. The van der Waals surface area contributed by atoms with Gasteiger partial charge in [-0.3, -0.25) is 14.6 Å². The van der Waals surface area contributed by atoms with E-state index in [1.165, 1.54) is 18.6 Å². The van der Waals surface area contributed by atoms with Gasteiger partial charge >= 0.3 is 0 Å². The van der Waals surface area contributed by atoms with Crippen molar-refractivity contribution in [2.24, 2.45) is 10.8 Å². The van der Waals surface area contributed by atoms with Crippen molar-refractivity contribution in [2.45, 2.75) is 0 Å². The summed E-state index contributed by atoms with van der Waals surface area (Å²) in [5, 5.41) is 4.59. The van der Waals surface area contributed by atoms with E-state index in [0.29, 0.717) is 16.8 Å². The standard InChI is InChI=1S/C13H9N5O2/c14-11(10-7-15-5-6-16-10)17-18-12(19)8-3-1-2-4-9(8)13(18)20/h1-7H,(H2,14,17). The van der Waals surface area contributed by atoms with Crippen LogP contribution in [-0.2, 0) is 0 Å². The molecular formula is C13H9N5O2. The highest BCUT2D eigenvalue weighted by Gasteiger charge is 2.35. The number of benzene rings is 1. The first-order chi connectivity index (χ1) is 9.68. The fraction of sp³-hybridized carbons (Fsp3) is 0. The zero-order chi connectivity index (χ0) is 14.1. The van der Waals surface area contributed by atoms with E-state index in [4.69, 9.17) is 5.73 Å². The number of carbonyl (C=O) groups excluding carboxylic acids is 2. The van der Waals surface area contributed by atoms with Crippen LogP contribution in [0, 0.1) is 0 Å². The number of imide groups is 1. The summed E-state index contributed by atoms with van der Waals surface area (Å²) >= 11 is 0. The Balaban J connectivity index is 1.98. The Labute approximate surface area is 113 Å². The van der Waals surface area contributed by atoms with Crippen LogP contribution in [0.2, 0.25) is 0 Å². The predicted octanol–water partition coefficient (Wildman–Crippen LogP) is 0.393. The van der Waals surface area contributed by atoms with Crippen molar-refractivity contribution < 1.29 is 9.59 Å². The van der Waals surface area contributed by atoms with Gasteiger partial charge in [0, 0.05) is 12.4 Å². The third-order valence-corrected chi connectivity index (χ3v) is 2.81. The Hall–Kier alpha value is -3.09. The van der Waals surface area contributed by atoms with Crippen LogP contribution in [0.25, 0.3) is 0 Å². The molecule has 3 rings (SSSR count). The molecule has 7 nitrogen and oxygen atoms in total. The number of hydrazone groups is 1. The Bertz CT molecular complexity index is 692. The third kappa shape index (κ3) is 1.81. The Kier molecular flexibility index (Phi) is 2.72. The molecule has 20 heavy (non-hydrogen) atoms. The minimum absolute atomic E-state index is 0.0485. The highest BCUT2D eigenvalue weighted by molar-refractivity contribution is 6.21. The van der Waals surface area contributed by atoms with E-state index >= 15 is 0 Å². The van der Waals surface area contributed by atoms with E-state index < -0.39 is 11.8 Å². The minimum Gasteiger partial charge on any atom is -0.380 e. The summed E-state index contributed by atoms with van der Waals surface area (Å²) in [4.78, 5) is 32.0. The number of aromatic nitrogens is 2. The van der Waals surface area contributed by atoms with Crippen molar-refractivity contribution >= 4 is 17.6 Å². The smallest absolute Gasteiger partial charge is 0.282 e. The van der Waals surface area contributed by atoms with Gasteiger partial charge < -0.3 is 5.73 Å².